The lowest BCUT2D eigenvalue weighted by molar-refractivity contribution is 0.0761. The van der Waals surface area contributed by atoms with Crippen molar-refractivity contribution in [1.29, 1.82) is 0 Å². The van der Waals surface area contributed by atoms with Crippen molar-refractivity contribution in [2.24, 2.45) is 0 Å². The number of thiazole rings is 1. The second kappa shape index (κ2) is 8.07. The Bertz CT molecular complexity index is 951. The van der Waals surface area contributed by atoms with Crippen LogP contribution in [0.1, 0.15) is 42.4 Å². The maximum atomic E-state index is 12.4. The Morgan fingerprint density at radius 2 is 2.00 bits per heavy atom. The van der Waals surface area contributed by atoms with Gasteiger partial charge in [0.1, 0.15) is 16.9 Å². The Balaban J connectivity index is 1.67. The summed E-state index contributed by atoms with van der Waals surface area (Å²) in [6.07, 6.45) is 0.293. The lowest BCUT2D eigenvalue weighted by Gasteiger charge is -2.06. The van der Waals surface area contributed by atoms with Crippen LogP contribution in [0.4, 0.5) is 0 Å². The Kier molecular flexibility index (Phi) is 5.80. The highest BCUT2D eigenvalue weighted by molar-refractivity contribution is 7.90. The zero-order valence-corrected chi connectivity index (χ0v) is 16.1. The molecule has 0 N–H and O–H groups in total. The monoisotopic (exact) mass is 393 g/mol. The number of hydrogen-bond acceptors (Lipinski definition) is 8. The second-order valence-corrected chi connectivity index (χ2v) is 8.51. The second-order valence-electron chi connectivity index (χ2n) is 5.63. The van der Waals surface area contributed by atoms with Crippen molar-refractivity contribution in [2.75, 3.05) is 6.61 Å². The van der Waals surface area contributed by atoms with E-state index in [4.69, 9.17) is 9.26 Å². The summed E-state index contributed by atoms with van der Waals surface area (Å²) in [4.78, 5) is 8.92. The van der Waals surface area contributed by atoms with Gasteiger partial charge in [-0.3, -0.25) is 0 Å². The normalized spacial score (nSPS) is 13.0. The lowest BCUT2D eigenvalue weighted by atomic mass is 10.3. The van der Waals surface area contributed by atoms with E-state index in [1.165, 1.54) is 11.3 Å². The smallest absolute Gasteiger partial charge is 0.232 e. The average molecular weight is 393 g/mol. The average Bonchev–Trinajstić information content (AvgIpc) is 3.26. The van der Waals surface area contributed by atoms with Crippen LogP contribution in [0.25, 0.3) is 0 Å². The fourth-order valence-electron chi connectivity index (χ4n) is 2.37. The zero-order chi connectivity index (χ0) is 18.6. The lowest BCUT2D eigenvalue weighted by Crippen LogP contribution is -2.06. The first-order valence-corrected chi connectivity index (χ1v) is 10.7. The van der Waals surface area contributed by atoms with Crippen LogP contribution in [0, 0.1) is 0 Å². The van der Waals surface area contributed by atoms with E-state index < -0.39 is 9.84 Å². The number of hydrogen-bond donors (Lipinski definition) is 0. The third-order valence-electron chi connectivity index (χ3n) is 3.60. The quantitative estimate of drug-likeness (QED) is 0.580. The summed E-state index contributed by atoms with van der Waals surface area (Å²) < 4.78 is 35.4. The Labute approximate surface area is 156 Å². The van der Waals surface area contributed by atoms with Gasteiger partial charge in [0.2, 0.25) is 5.89 Å². The van der Waals surface area contributed by atoms with Crippen molar-refractivity contribution in [2.45, 2.75) is 37.0 Å². The summed E-state index contributed by atoms with van der Waals surface area (Å²) in [5, 5.41) is 6.57. The van der Waals surface area contributed by atoms with Gasteiger partial charge in [-0.2, -0.15) is 4.98 Å². The van der Waals surface area contributed by atoms with Crippen molar-refractivity contribution in [3.8, 4) is 0 Å². The standard InChI is InChI=1S/C17H19N3O4S2/c1-3-23-12(2)17-18-13(10-25-17)9-16-19-15(20-24-16)11-26(21,22)14-7-5-4-6-8-14/h4-8,10,12H,3,9,11H2,1-2H3. The molecule has 26 heavy (non-hydrogen) atoms. The van der Waals surface area contributed by atoms with Crippen LogP contribution in [-0.2, 0) is 26.7 Å². The predicted octanol–water partition coefficient (Wildman–Crippen LogP) is 3.19. The Hall–Kier alpha value is -2.10. The van der Waals surface area contributed by atoms with Crippen molar-refractivity contribution >= 4 is 21.2 Å². The zero-order valence-electron chi connectivity index (χ0n) is 14.5. The molecule has 138 valence electrons. The van der Waals surface area contributed by atoms with E-state index in [0.29, 0.717) is 18.9 Å². The van der Waals surface area contributed by atoms with E-state index in [9.17, 15) is 8.42 Å². The van der Waals surface area contributed by atoms with Crippen LogP contribution in [-0.4, -0.2) is 30.1 Å². The predicted molar refractivity (Wildman–Crippen MR) is 96.6 cm³/mol. The van der Waals surface area contributed by atoms with Gasteiger partial charge in [-0.15, -0.1) is 11.3 Å². The van der Waals surface area contributed by atoms with Crippen LogP contribution in [0.2, 0.25) is 0 Å². The SMILES string of the molecule is CCOC(C)c1nc(Cc2nc(CS(=O)(=O)c3ccccc3)no2)cs1. The van der Waals surface area contributed by atoms with E-state index >= 15 is 0 Å². The minimum absolute atomic E-state index is 0.0620. The molecule has 1 unspecified atom stereocenters. The molecule has 9 heteroatoms. The molecule has 0 aliphatic carbocycles. The van der Waals surface area contributed by atoms with Gasteiger partial charge in [-0.1, -0.05) is 23.4 Å². The first-order chi connectivity index (χ1) is 12.5. The molecule has 0 aliphatic rings. The summed E-state index contributed by atoms with van der Waals surface area (Å²) in [5.41, 5.74) is 0.790. The molecular formula is C17H19N3O4S2. The minimum Gasteiger partial charge on any atom is -0.372 e. The van der Waals surface area contributed by atoms with Gasteiger partial charge in [-0.25, -0.2) is 13.4 Å². The molecule has 3 aromatic rings. The van der Waals surface area contributed by atoms with Crippen molar-refractivity contribution in [1.82, 2.24) is 15.1 Å². The molecule has 0 amide bonds. The van der Waals surface area contributed by atoms with Crippen molar-refractivity contribution in [3.05, 3.63) is 58.1 Å². The highest BCUT2D eigenvalue weighted by atomic mass is 32.2. The summed E-state index contributed by atoms with van der Waals surface area (Å²) in [6, 6.07) is 8.22. The van der Waals surface area contributed by atoms with Gasteiger partial charge < -0.3 is 9.26 Å². The van der Waals surface area contributed by atoms with E-state index in [2.05, 4.69) is 15.1 Å². The molecule has 2 aromatic heterocycles. The van der Waals surface area contributed by atoms with Crippen molar-refractivity contribution in [3.63, 3.8) is 0 Å². The summed E-state index contributed by atoms with van der Waals surface area (Å²) in [7, 11) is -3.50. The van der Waals surface area contributed by atoms with Gasteiger partial charge in [0.25, 0.3) is 0 Å². The van der Waals surface area contributed by atoms with Crippen LogP contribution < -0.4 is 0 Å². The van der Waals surface area contributed by atoms with Gasteiger partial charge in [-0.05, 0) is 26.0 Å². The van der Waals surface area contributed by atoms with Crippen LogP contribution in [0.5, 0.6) is 0 Å². The van der Waals surface area contributed by atoms with E-state index in [1.54, 1.807) is 30.3 Å². The fraction of sp³-hybridized carbons (Fsp3) is 0.353. The van der Waals surface area contributed by atoms with E-state index in [0.717, 1.165) is 10.7 Å². The number of benzene rings is 1. The van der Waals surface area contributed by atoms with E-state index in [1.807, 2.05) is 19.2 Å². The van der Waals surface area contributed by atoms with Gasteiger partial charge in [0.15, 0.2) is 15.7 Å². The Morgan fingerprint density at radius 3 is 2.73 bits per heavy atom. The van der Waals surface area contributed by atoms with Gasteiger partial charge >= 0.3 is 0 Å². The fourth-order valence-corrected chi connectivity index (χ4v) is 4.39. The summed E-state index contributed by atoms with van der Waals surface area (Å²) in [5.74, 6) is 0.177. The maximum absolute atomic E-state index is 12.4. The molecule has 0 bridgehead atoms. The summed E-state index contributed by atoms with van der Waals surface area (Å²) >= 11 is 1.51. The minimum atomic E-state index is -3.50. The number of ether oxygens (including phenoxy) is 1. The van der Waals surface area contributed by atoms with E-state index in [-0.39, 0.29) is 22.6 Å². The summed E-state index contributed by atoms with van der Waals surface area (Å²) in [6.45, 7) is 4.51. The third kappa shape index (κ3) is 4.54. The molecule has 0 aliphatic heterocycles. The molecule has 3 rings (SSSR count). The first kappa shape index (κ1) is 18.7. The Morgan fingerprint density at radius 1 is 1.23 bits per heavy atom. The van der Waals surface area contributed by atoms with Crippen LogP contribution in [0.3, 0.4) is 0 Å². The first-order valence-electron chi connectivity index (χ1n) is 8.13. The maximum Gasteiger partial charge on any atom is 0.232 e. The number of aromatic nitrogens is 3. The number of nitrogens with zero attached hydrogens (tertiary/aromatic N) is 3. The molecule has 2 heterocycles. The molecule has 7 nitrogen and oxygen atoms in total. The molecule has 0 saturated carbocycles. The molecule has 0 fully saturated rings. The molecular weight excluding hydrogens is 374 g/mol. The molecule has 1 aromatic carbocycles. The molecule has 0 radical (unpaired) electrons. The number of sulfone groups is 1. The highest BCUT2D eigenvalue weighted by Crippen LogP contribution is 2.22. The molecule has 0 saturated heterocycles. The number of rotatable bonds is 8. The largest absolute Gasteiger partial charge is 0.372 e. The topological polar surface area (TPSA) is 95.2 Å². The molecule has 1 atom stereocenters. The van der Waals surface area contributed by atoms with Crippen molar-refractivity contribution < 1.29 is 17.7 Å². The van der Waals surface area contributed by atoms with Gasteiger partial charge in [0, 0.05) is 12.0 Å². The molecule has 0 spiro atoms. The third-order valence-corrected chi connectivity index (χ3v) is 6.28. The van der Waals surface area contributed by atoms with Crippen LogP contribution >= 0.6 is 11.3 Å². The van der Waals surface area contributed by atoms with Gasteiger partial charge in [0.05, 0.1) is 17.0 Å². The van der Waals surface area contributed by atoms with Crippen LogP contribution in [0.15, 0.2) is 45.1 Å². The highest BCUT2D eigenvalue weighted by Gasteiger charge is 2.20.